The first-order chi connectivity index (χ1) is 7.90. The zero-order valence-corrected chi connectivity index (χ0v) is 9.70. The number of aromatic nitrogens is 3. The van der Waals surface area contributed by atoms with E-state index in [2.05, 4.69) is 20.3 Å². The standard InChI is InChI=1S/C10H12N4OS/c1-15-5-4-13-10-14-9(7-16-10)8-6-11-2-3-12-8/h2-3,6-7H,4-5H2,1H3,(H,13,14). The lowest BCUT2D eigenvalue weighted by molar-refractivity contribution is 0.211. The molecule has 0 aliphatic rings. The molecular weight excluding hydrogens is 224 g/mol. The molecule has 2 heterocycles. The van der Waals surface area contributed by atoms with Gasteiger partial charge >= 0.3 is 0 Å². The summed E-state index contributed by atoms with van der Waals surface area (Å²) in [6, 6.07) is 0. The van der Waals surface area contributed by atoms with Gasteiger partial charge in [0.05, 0.1) is 12.8 Å². The maximum atomic E-state index is 4.95. The summed E-state index contributed by atoms with van der Waals surface area (Å²) in [4.78, 5) is 12.6. The van der Waals surface area contributed by atoms with Crippen LogP contribution in [0.5, 0.6) is 0 Å². The highest BCUT2D eigenvalue weighted by molar-refractivity contribution is 7.14. The zero-order valence-electron chi connectivity index (χ0n) is 8.88. The number of hydrogen-bond donors (Lipinski definition) is 1. The second-order valence-corrected chi connectivity index (χ2v) is 3.91. The molecule has 6 heteroatoms. The van der Waals surface area contributed by atoms with Gasteiger partial charge in [-0.1, -0.05) is 0 Å². The summed E-state index contributed by atoms with van der Waals surface area (Å²) in [5.74, 6) is 0. The van der Waals surface area contributed by atoms with Crippen LogP contribution in [0.2, 0.25) is 0 Å². The van der Waals surface area contributed by atoms with Crippen LogP contribution in [-0.2, 0) is 4.74 Å². The molecule has 0 aliphatic heterocycles. The van der Waals surface area contributed by atoms with Gasteiger partial charge < -0.3 is 10.1 Å². The van der Waals surface area contributed by atoms with Crippen molar-refractivity contribution in [3.63, 3.8) is 0 Å². The van der Waals surface area contributed by atoms with Crippen molar-refractivity contribution in [1.29, 1.82) is 0 Å². The maximum absolute atomic E-state index is 4.95. The van der Waals surface area contributed by atoms with E-state index in [1.165, 1.54) is 0 Å². The lowest BCUT2D eigenvalue weighted by atomic mass is 10.4. The predicted molar refractivity (Wildman–Crippen MR) is 63.5 cm³/mol. The molecule has 2 aromatic heterocycles. The highest BCUT2D eigenvalue weighted by Gasteiger charge is 2.04. The van der Waals surface area contributed by atoms with E-state index in [4.69, 9.17) is 4.74 Å². The Labute approximate surface area is 97.5 Å². The van der Waals surface area contributed by atoms with Crippen molar-refractivity contribution in [1.82, 2.24) is 15.0 Å². The number of rotatable bonds is 5. The van der Waals surface area contributed by atoms with Crippen LogP contribution < -0.4 is 5.32 Å². The molecule has 0 unspecified atom stereocenters. The number of nitrogens with one attached hydrogen (secondary N) is 1. The monoisotopic (exact) mass is 236 g/mol. The highest BCUT2D eigenvalue weighted by Crippen LogP contribution is 2.22. The van der Waals surface area contributed by atoms with Crippen LogP contribution in [0, 0.1) is 0 Å². The van der Waals surface area contributed by atoms with E-state index in [9.17, 15) is 0 Å². The Balaban J connectivity index is 2.02. The molecule has 0 fully saturated rings. The summed E-state index contributed by atoms with van der Waals surface area (Å²) in [5.41, 5.74) is 1.64. The van der Waals surface area contributed by atoms with Gasteiger partial charge in [0.2, 0.25) is 0 Å². The molecule has 5 nitrogen and oxygen atoms in total. The van der Waals surface area contributed by atoms with E-state index in [1.54, 1.807) is 37.0 Å². The number of hydrogen-bond acceptors (Lipinski definition) is 6. The van der Waals surface area contributed by atoms with Gasteiger partial charge in [0.25, 0.3) is 0 Å². The number of anilines is 1. The quantitative estimate of drug-likeness (QED) is 0.800. The van der Waals surface area contributed by atoms with E-state index in [0.29, 0.717) is 6.61 Å². The van der Waals surface area contributed by atoms with Gasteiger partial charge in [0, 0.05) is 31.4 Å². The minimum atomic E-state index is 0.667. The largest absolute Gasteiger partial charge is 0.383 e. The van der Waals surface area contributed by atoms with Crippen molar-refractivity contribution >= 4 is 16.5 Å². The molecule has 0 aliphatic carbocycles. The van der Waals surface area contributed by atoms with E-state index in [1.807, 2.05) is 5.38 Å². The van der Waals surface area contributed by atoms with E-state index in [0.717, 1.165) is 23.1 Å². The van der Waals surface area contributed by atoms with Gasteiger partial charge in [0.15, 0.2) is 5.13 Å². The minimum Gasteiger partial charge on any atom is -0.383 e. The highest BCUT2D eigenvalue weighted by atomic mass is 32.1. The fourth-order valence-corrected chi connectivity index (χ4v) is 1.90. The SMILES string of the molecule is COCCNc1nc(-c2cnccn2)cs1. The third-order valence-corrected chi connectivity index (χ3v) is 2.71. The summed E-state index contributed by atoms with van der Waals surface area (Å²) in [6.45, 7) is 1.42. The first-order valence-corrected chi connectivity index (χ1v) is 5.73. The first kappa shape index (κ1) is 11.0. The molecule has 2 aromatic rings. The normalized spacial score (nSPS) is 10.3. The average Bonchev–Trinajstić information content (AvgIpc) is 2.79. The molecule has 0 spiro atoms. The van der Waals surface area contributed by atoms with Crippen LogP contribution >= 0.6 is 11.3 Å². The molecule has 0 atom stereocenters. The molecule has 0 saturated carbocycles. The number of ether oxygens (including phenoxy) is 1. The molecule has 0 bridgehead atoms. The van der Waals surface area contributed by atoms with Crippen molar-refractivity contribution < 1.29 is 4.74 Å². The molecule has 0 aromatic carbocycles. The second-order valence-electron chi connectivity index (χ2n) is 3.05. The second kappa shape index (κ2) is 5.53. The van der Waals surface area contributed by atoms with Gasteiger partial charge in [-0.3, -0.25) is 9.97 Å². The Kier molecular flexibility index (Phi) is 3.79. The summed E-state index contributed by atoms with van der Waals surface area (Å²) in [6.07, 6.45) is 5.01. The van der Waals surface area contributed by atoms with Gasteiger partial charge in [0.1, 0.15) is 11.4 Å². The van der Waals surface area contributed by atoms with Crippen molar-refractivity contribution in [2.24, 2.45) is 0 Å². The molecular formula is C10H12N4OS. The van der Waals surface area contributed by atoms with Crippen LogP contribution in [0.1, 0.15) is 0 Å². The average molecular weight is 236 g/mol. The van der Waals surface area contributed by atoms with Crippen LogP contribution in [-0.4, -0.2) is 35.2 Å². The molecule has 0 amide bonds. The van der Waals surface area contributed by atoms with E-state index >= 15 is 0 Å². The third kappa shape index (κ3) is 2.74. The van der Waals surface area contributed by atoms with Crippen molar-refractivity contribution in [2.45, 2.75) is 0 Å². The molecule has 16 heavy (non-hydrogen) atoms. The van der Waals surface area contributed by atoms with Crippen molar-refractivity contribution in [3.8, 4) is 11.4 Å². The topological polar surface area (TPSA) is 59.9 Å². The Hall–Kier alpha value is -1.53. The third-order valence-electron chi connectivity index (χ3n) is 1.91. The van der Waals surface area contributed by atoms with E-state index < -0.39 is 0 Å². The number of methoxy groups -OCH3 is 1. The minimum absolute atomic E-state index is 0.667. The Morgan fingerprint density at radius 2 is 2.31 bits per heavy atom. The summed E-state index contributed by atoms with van der Waals surface area (Å²) in [5, 5.41) is 6.00. The number of nitrogens with zero attached hydrogens (tertiary/aromatic N) is 3. The van der Waals surface area contributed by atoms with Gasteiger partial charge in [-0.25, -0.2) is 4.98 Å². The number of thiazole rings is 1. The van der Waals surface area contributed by atoms with E-state index in [-0.39, 0.29) is 0 Å². The van der Waals surface area contributed by atoms with Crippen LogP contribution in [0.25, 0.3) is 11.4 Å². The lowest BCUT2D eigenvalue weighted by Crippen LogP contribution is -2.07. The van der Waals surface area contributed by atoms with Crippen LogP contribution in [0.3, 0.4) is 0 Å². The summed E-state index contributed by atoms with van der Waals surface area (Å²) < 4.78 is 4.95. The fraction of sp³-hybridized carbons (Fsp3) is 0.300. The Morgan fingerprint density at radius 3 is 3.06 bits per heavy atom. The molecule has 84 valence electrons. The van der Waals surface area contributed by atoms with Crippen molar-refractivity contribution in [3.05, 3.63) is 24.0 Å². The van der Waals surface area contributed by atoms with Crippen LogP contribution in [0.4, 0.5) is 5.13 Å². The van der Waals surface area contributed by atoms with Gasteiger partial charge in [-0.2, -0.15) is 0 Å². The maximum Gasteiger partial charge on any atom is 0.183 e. The summed E-state index contributed by atoms with van der Waals surface area (Å²) in [7, 11) is 1.68. The Morgan fingerprint density at radius 1 is 1.38 bits per heavy atom. The molecule has 0 radical (unpaired) electrons. The zero-order chi connectivity index (χ0) is 11.2. The summed E-state index contributed by atoms with van der Waals surface area (Å²) >= 11 is 1.55. The lowest BCUT2D eigenvalue weighted by Gasteiger charge is -1.99. The van der Waals surface area contributed by atoms with Gasteiger partial charge in [-0.15, -0.1) is 11.3 Å². The molecule has 2 rings (SSSR count). The van der Waals surface area contributed by atoms with Crippen molar-refractivity contribution in [2.75, 3.05) is 25.6 Å². The van der Waals surface area contributed by atoms with Gasteiger partial charge in [-0.05, 0) is 0 Å². The Bertz CT molecular complexity index is 431. The first-order valence-electron chi connectivity index (χ1n) is 4.85. The molecule has 0 saturated heterocycles. The van der Waals surface area contributed by atoms with Crippen LogP contribution in [0.15, 0.2) is 24.0 Å². The fourth-order valence-electron chi connectivity index (χ4n) is 1.16. The molecule has 1 N–H and O–H groups in total. The smallest absolute Gasteiger partial charge is 0.183 e. The predicted octanol–water partition coefficient (Wildman–Crippen LogP) is 1.66.